The van der Waals surface area contributed by atoms with Crippen LogP contribution in [0.1, 0.15) is 53.2 Å². The summed E-state index contributed by atoms with van der Waals surface area (Å²) in [4.78, 5) is 10.3. The van der Waals surface area contributed by atoms with Crippen molar-refractivity contribution in [3.8, 4) is 11.5 Å². The predicted octanol–water partition coefficient (Wildman–Crippen LogP) is 5.76. The van der Waals surface area contributed by atoms with Gasteiger partial charge in [-0.25, -0.2) is 0 Å². The molecular weight excluding hydrogens is 390 g/mol. The fourth-order valence-corrected chi connectivity index (χ4v) is 4.04. The Bertz CT molecular complexity index is 706. The number of nitro groups is 1. The zero-order chi connectivity index (χ0) is 22.1. The van der Waals surface area contributed by atoms with E-state index in [2.05, 4.69) is 67.7 Å². The van der Waals surface area contributed by atoms with Crippen molar-refractivity contribution < 1.29 is 18.9 Å². The first kappa shape index (κ1) is 24.7. The monoisotopic (exact) mass is 427 g/mol. The second-order valence-corrected chi connectivity index (χ2v) is 19.9. The van der Waals surface area contributed by atoms with E-state index in [-0.39, 0.29) is 10.1 Å². The SMILES string of the molecule is CC(C)(C)[Si](C)(C)Oc1ccc([C@H](O)C[N+](=O)[O-])cc1O[Si](C)(C)C(C)(C)C. The molecule has 1 N–H and O–H groups in total. The lowest BCUT2D eigenvalue weighted by Crippen LogP contribution is -2.45. The number of benzene rings is 1. The van der Waals surface area contributed by atoms with Gasteiger partial charge in [-0.15, -0.1) is 0 Å². The maximum Gasteiger partial charge on any atom is 0.250 e. The Balaban J connectivity index is 3.41. The van der Waals surface area contributed by atoms with Crippen molar-refractivity contribution in [3.63, 3.8) is 0 Å². The van der Waals surface area contributed by atoms with E-state index >= 15 is 0 Å². The van der Waals surface area contributed by atoms with Gasteiger partial charge in [0, 0.05) is 4.92 Å². The van der Waals surface area contributed by atoms with E-state index in [1.165, 1.54) is 0 Å². The molecule has 0 saturated heterocycles. The number of rotatable bonds is 7. The van der Waals surface area contributed by atoms with Crippen LogP contribution >= 0.6 is 0 Å². The molecule has 6 nitrogen and oxygen atoms in total. The second-order valence-electron chi connectivity index (χ2n) is 10.5. The lowest BCUT2D eigenvalue weighted by Gasteiger charge is -2.39. The molecule has 0 unspecified atom stereocenters. The minimum atomic E-state index is -2.17. The Kier molecular flexibility index (Phi) is 7.18. The molecule has 0 amide bonds. The summed E-state index contributed by atoms with van der Waals surface area (Å²) in [6.07, 6.45) is -1.18. The van der Waals surface area contributed by atoms with Gasteiger partial charge in [0.1, 0.15) is 17.6 Å². The maximum atomic E-state index is 10.8. The van der Waals surface area contributed by atoms with Crippen LogP contribution in [0, 0.1) is 10.1 Å². The van der Waals surface area contributed by atoms with Gasteiger partial charge in [0.05, 0.1) is 0 Å². The molecular formula is C20H37NO5Si2. The van der Waals surface area contributed by atoms with E-state index < -0.39 is 34.2 Å². The fourth-order valence-electron chi connectivity index (χ4n) is 2.00. The number of aliphatic hydroxyl groups is 1. The average molecular weight is 428 g/mol. The summed E-state index contributed by atoms with van der Waals surface area (Å²) in [5.41, 5.74) is 0.466. The molecule has 0 aromatic heterocycles. The van der Waals surface area contributed by atoms with Crippen molar-refractivity contribution in [2.24, 2.45) is 0 Å². The van der Waals surface area contributed by atoms with Crippen molar-refractivity contribution in [2.45, 2.75) is 83.9 Å². The van der Waals surface area contributed by atoms with Gasteiger partial charge in [0.2, 0.25) is 6.54 Å². The van der Waals surface area contributed by atoms with Gasteiger partial charge < -0.3 is 14.0 Å². The molecule has 8 heteroatoms. The molecule has 0 bridgehead atoms. The van der Waals surface area contributed by atoms with Crippen molar-refractivity contribution in [1.82, 2.24) is 0 Å². The van der Waals surface area contributed by atoms with Gasteiger partial charge in [-0.05, 0) is 54.0 Å². The van der Waals surface area contributed by atoms with Gasteiger partial charge >= 0.3 is 0 Å². The molecule has 1 rings (SSSR count). The minimum Gasteiger partial charge on any atom is -0.541 e. The summed E-state index contributed by atoms with van der Waals surface area (Å²) in [5, 5.41) is 21.0. The Morgan fingerprint density at radius 2 is 1.39 bits per heavy atom. The Morgan fingerprint density at radius 1 is 0.964 bits per heavy atom. The summed E-state index contributed by atoms with van der Waals surface area (Å²) >= 11 is 0. The number of hydrogen-bond acceptors (Lipinski definition) is 5. The van der Waals surface area contributed by atoms with Crippen LogP contribution in [0.5, 0.6) is 11.5 Å². The van der Waals surface area contributed by atoms with Crippen LogP contribution in [0.15, 0.2) is 18.2 Å². The van der Waals surface area contributed by atoms with E-state index in [0.29, 0.717) is 17.1 Å². The zero-order valence-corrected chi connectivity index (χ0v) is 21.0. The van der Waals surface area contributed by atoms with Gasteiger partial charge in [-0.2, -0.15) is 0 Å². The molecule has 0 heterocycles. The molecule has 0 spiro atoms. The highest BCUT2D eigenvalue weighted by Crippen LogP contribution is 2.44. The van der Waals surface area contributed by atoms with Gasteiger partial charge in [0.15, 0.2) is 0 Å². The normalized spacial score (nSPS) is 14.5. The minimum absolute atomic E-state index is 0.0172. The number of hydrogen-bond donors (Lipinski definition) is 1. The summed E-state index contributed by atoms with van der Waals surface area (Å²) in [5.74, 6) is 1.21. The lowest BCUT2D eigenvalue weighted by molar-refractivity contribution is -0.491. The summed E-state index contributed by atoms with van der Waals surface area (Å²) < 4.78 is 13.0. The van der Waals surface area contributed by atoms with Crippen LogP contribution in [-0.4, -0.2) is 33.2 Å². The highest BCUT2D eigenvalue weighted by atomic mass is 28.4. The maximum absolute atomic E-state index is 10.8. The molecule has 1 atom stereocenters. The second kappa shape index (κ2) is 8.16. The summed E-state index contributed by atoms with van der Waals surface area (Å²) in [6, 6.07) is 5.17. The highest BCUT2D eigenvalue weighted by molar-refractivity contribution is 6.75. The van der Waals surface area contributed by atoms with Crippen LogP contribution in [0.2, 0.25) is 36.3 Å². The van der Waals surface area contributed by atoms with Gasteiger partial charge in [-0.3, -0.25) is 10.1 Å². The van der Waals surface area contributed by atoms with E-state index in [4.69, 9.17) is 8.85 Å². The Hall–Kier alpha value is -1.39. The first-order chi connectivity index (χ1) is 12.4. The zero-order valence-electron chi connectivity index (χ0n) is 19.0. The molecule has 160 valence electrons. The molecule has 1 aromatic rings. The van der Waals surface area contributed by atoms with Crippen LogP contribution in [0.3, 0.4) is 0 Å². The third-order valence-corrected chi connectivity index (χ3v) is 14.7. The smallest absolute Gasteiger partial charge is 0.250 e. The van der Waals surface area contributed by atoms with Crippen molar-refractivity contribution in [1.29, 1.82) is 0 Å². The van der Waals surface area contributed by atoms with E-state index in [9.17, 15) is 15.2 Å². The molecule has 0 fully saturated rings. The fraction of sp³-hybridized carbons (Fsp3) is 0.700. The highest BCUT2D eigenvalue weighted by Gasteiger charge is 2.42. The standard InChI is InChI=1S/C20H37NO5Si2/c1-19(2,3)27(7,8)25-17-12-11-15(16(22)14-21(23)24)13-18(17)26-28(9,10)20(4,5)6/h11-13,16,22H,14H2,1-10H3/t16-/m1/s1. The topological polar surface area (TPSA) is 81.8 Å². The van der Waals surface area contributed by atoms with Crippen LogP contribution in [0.25, 0.3) is 0 Å². The van der Waals surface area contributed by atoms with Crippen molar-refractivity contribution in [2.75, 3.05) is 6.54 Å². The van der Waals surface area contributed by atoms with E-state index in [0.717, 1.165) is 0 Å². The lowest BCUT2D eigenvalue weighted by atomic mass is 10.1. The van der Waals surface area contributed by atoms with E-state index in [1.54, 1.807) is 18.2 Å². The molecule has 0 aliphatic carbocycles. The Labute approximate surface area is 171 Å². The van der Waals surface area contributed by atoms with Gasteiger partial charge in [-0.1, -0.05) is 47.6 Å². The first-order valence-electron chi connectivity index (χ1n) is 9.69. The van der Waals surface area contributed by atoms with Crippen molar-refractivity contribution in [3.05, 3.63) is 33.9 Å². The molecule has 0 aliphatic heterocycles. The first-order valence-corrected chi connectivity index (χ1v) is 15.5. The van der Waals surface area contributed by atoms with Crippen LogP contribution < -0.4 is 8.85 Å². The van der Waals surface area contributed by atoms with Crippen LogP contribution in [0.4, 0.5) is 0 Å². The Morgan fingerprint density at radius 3 is 1.79 bits per heavy atom. The average Bonchev–Trinajstić information content (AvgIpc) is 2.45. The quantitative estimate of drug-likeness (QED) is 0.339. The van der Waals surface area contributed by atoms with Crippen molar-refractivity contribution >= 4 is 16.6 Å². The number of aliphatic hydroxyl groups excluding tert-OH is 1. The molecule has 28 heavy (non-hydrogen) atoms. The third kappa shape index (κ3) is 6.05. The largest absolute Gasteiger partial charge is 0.541 e. The molecule has 0 aliphatic rings. The summed E-state index contributed by atoms with van der Waals surface area (Å²) in [7, 11) is -4.27. The van der Waals surface area contributed by atoms with Crippen LogP contribution in [-0.2, 0) is 0 Å². The van der Waals surface area contributed by atoms with E-state index in [1.807, 2.05) is 0 Å². The van der Waals surface area contributed by atoms with Gasteiger partial charge in [0.25, 0.3) is 16.6 Å². The molecule has 0 radical (unpaired) electrons. The number of nitrogens with zero attached hydrogens (tertiary/aromatic N) is 1. The third-order valence-electron chi connectivity index (χ3n) is 6.02. The molecule has 1 aromatic carbocycles. The summed E-state index contributed by atoms with van der Waals surface area (Å²) in [6.45, 7) is 21.0. The molecule has 0 saturated carbocycles. The predicted molar refractivity (Wildman–Crippen MR) is 119 cm³/mol.